The second-order valence-corrected chi connectivity index (χ2v) is 4.08. The Morgan fingerprint density at radius 1 is 1.33 bits per heavy atom. The maximum absolute atomic E-state index is 2.33. The van der Waals surface area contributed by atoms with Crippen molar-refractivity contribution in [3.8, 4) is 0 Å². The fourth-order valence-electron chi connectivity index (χ4n) is 2.26. The average Bonchev–Trinajstić information content (AvgIpc) is 1.98. The van der Waals surface area contributed by atoms with Crippen molar-refractivity contribution in [1.82, 2.24) is 0 Å². The van der Waals surface area contributed by atoms with Crippen molar-refractivity contribution in [3.05, 3.63) is 11.1 Å². The summed E-state index contributed by atoms with van der Waals surface area (Å²) in [4.78, 5) is 0. The Labute approximate surface area is 77.1 Å². The van der Waals surface area contributed by atoms with Crippen molar-refractivity contribution in [1.29, 1.82) is 0 Å². The number of hydrogen-bond acceptors (Lipinski definition) is 0. The minimum atomic E-state index is 0.974. The molecular formula is C12H22. The number of allylic oxidation sites excluding steroid dienone is 2. The van der Waals surface area contributed by atoms with E-state index in [-0.39, 0.29) is 0 Å². The van der Waals surface area contributed by atoms with Gasteiger partial charge in [-0.3, -0.25) is 0 Å². The molecule has 1 atom stereocenters. The van der Waals surface area contributed by atoms with Crippen LogP contribution in [-0.4, -0.2) is 0 Å². The van der Waals surface area contributed by atoms with E-state index in [0.29, 0.717) is 0 Å². The van der Waals surface area contributed by atoms with Gasteiger partial charge in [-0.2, -0.15) is 0 Å². The van der Waals surface area contributed by atoms with Crippen LogP contribution in [0.4, 0.5) is 0 Å². The van der Waals surface area contributed by atoms with E-state index < -0.39 is 0 Å². The standard InChI is InChI=1S/C12H22/c1-4-6-10(3)12-9-8-11(12)7-5-2/h11H,4-9H2,1-3H3. The molecule has 12 heavy (non-hydrogen) atoms. The van der Waals surface area contributed by atoms with Gasteiger partial charge in [0.1, 0.15) is 0 Å². The molecule has 0 aromatic rings. The zero-order chi connectivity index (χ0) is 8.97. The van der Waals surface area contributed by atoms with Gasteiger partial charge < -0.3 is 0 Å². The quantitative estimate of drug-likeness (QED) is 0.546. The highest BCUT2D eigenvalue weighted by atomic mass is 14.3. The van der Waals surface area contributed by atoms with Gasteiger partial charge in [0.05, 0.1) is 0 Å². The SMILES string of the molecule is CCCC(C)=C1CCC1CCC. The maximum atomic E-state index is 2.33. The summed E-state index contributed by atoms with van der Waals surface area (Å²) in [5.74, 6) is 0.974. The van der Waals surface area contributed by atoms with Crippen molar-refractivity contribution in [2.24, 2.45) is 5.92 Å². The van der Waals surface area contributed by atoms with Crippen LogP contribution in [0, 0.1) is 5.92 Å². The molecule has 0 heteroatoms. The first-order valence-corrected chi connectivity index (χ1v) is 5.48. The van der Waals surface area contributed by atoms with E-state index in [9.17, 15) is 0 Å². The molecule has 0 saturated heterocycles. The highest BCUT2D eigenvalue weighted by molar-refractivity contribution is 5.21. The van der Waals surface area contributed by atoms with Crippen LogP contribution in [0.25, 0.3) is 0 Å². The van der Waals surface area contributed by atoms with Crippen LogP contribution < -0.4 is 0 Å². The second-order valence-electron chi connectivity index (χ2n) is 4.08. The second kappa shape index (κ2) is 4.69. The Hall–Kier alpha value is -0.260. The summed E-state index contributed by atoms with van der Waals surface area (Å²) < 4.78 is 0. The molecule has 1 saturated carbocycles. The van der Waals surface area contributed by atoms with Gasteiger partial charge in [0.15, 0.2) is 0 Å². The summed E-state index contributed by atoms with van der Waals surface area (Å²) in [6, 6.07) is 0. The average molecular weight is 166 g/mol. The van der Waals surface area contributed by atoms with Crippen LogP contribution in [0.2, 0.25) is 0 Å². The van der Waals surface area contributed by atoms with Crippen LogP contribution >= 0.6 is 0 Å². The largest absolute Gasteiger partial charge is 0.0738 e. The molecule has 0 radical (unpaired) electrons. The van der Waals surface area contributed by atoms with Crippen LogP contribution in [-0.2, 0) is 0 Å². The Morgan fingerprint density at radius 3 is 2.50 bits per heavy atom. The summed E-state index contributed by atoms with van der Waals surface area (Å²) in [7, 11) is 0. The minimum absolute atomic E-state index is 0.974. The molecular weight excluding hydrogens is 144 g/mol. The zero-order valence-electron chi connectivity index (χ0n) is 8.82. The number of hydrogen-bond donors (Lipinski definition) is 0. The van der Waals surface area contributed by atoms with E-state index in [1.54, 1.807) is 11.1 Å². The molecule has 0 N–H and O–H groups in total. The molecule has 1 aliphatic rings. The lowest BCUT2D eigenvalue weighted by molar-refractivity contribution is 0.402. The molecule has 70 valence electrons. The first-order chi connectivity index (χ1) is 5.79. The minimum Gasteiger partial charge on any atom is -0.0738 e. The molecule has 1 fully saturated rings. The van der Waals surface area contributed by atoms with E-state index in [0.717, 1.165) is 5.92 Å². The van der Waals surface area contributed by atoms with Crippen LogP contribution in [0.3, 0.4) is 0 Å². The lowest BCUT2D eigenvalue weighted by atomic mass is 9.74. The van der Waals surface area contributed by atoms with Gasteiger partial charge in [-0.25, -0.2) is 0 Å². The first kappa shape index (κ1) is 9.83. The van der Waals surface area contributed by atoms with Gasteiger partial charge in [0.2, 0.25) is 0 Å². The van der Waals surface area contributed by atoms with Gasteiger partial charge in [0.25, 0.3) is 0 Å². The van der Waals surface area contributed by atoms with Crippen LogP contribution in [0.5, 0.6) is 0 Å². The van der Waals surface area contributed by atoms with Crippen molar-refractivity contribution in [2.45, 2.75) is 59.3 Å². The lowest BCUT2D eigenvalue weighted by Crippen LogP contribution is -2.17. The first-order valence-electron chi connectivity index (χ1n) is 5.48. The van der Waals surface area contributed by atoms with Gasteiger partial charge in [0, 0.05) is 0 Å². The predicted molar refractivity (Wildman–Crippen MR) is 55.2 cm³/mol. The van der Waals surface area contributed by atoms with E-state index in [1.165, 1.54) is 38.5 Å². The molecule has 0 bridgehead atoms. The van der Waals surface area contributed by atoms with Crippen molar-refractivity contribution in [2.75, 3.05) is 0 Å². The van der Waals surface area contributed by atoms with Crippen molar-refractivity contribution < 1.29 is 0 Å². The van der Waals surface area contributed by atoms with Crippen LogP contribution in [0.15, 0.2) is 11.1 Å². The van der Waals surface area contributed by atoms with Gasteiger partial charge >= 0.3 is 0 Å². The van der Waals surface area contributed by atoms with Crippen LogP contribution in [0.1, 0.15) is 59.3 Å². The summed E-state index contributed by atoms with van der Waals surface area (Å²) >= 11 is 0. The summed E-state index contributed by atoms with van der Waals surface area (Å²) in [5.41, 5.74) is 3.50. The third-order valence-electron chi connectivity index (χ3n) is 3.07. The summed E-state index contributed by atoms with van der Waals surface area (Å²) in [6.07, 6.45) is 8.29. The van der Waals surface area contributed by atoms with Gasteiger partial charge in [-0.15, -0.1) is 0 Å². The topological polar surface area (TPSA) is 0 Å². The molecule has 0 aromatic heterocycles. The molecule has 1 rings (SSSR count). The van der Waals surface area contributed by atoms with Gasteiger partial charge in [-0.1, -0.05) is 37.8 Å². The van der Waals surface area contributed by atoms with Gasteiger partial charge in [-0.05, 0) is 38.5 Å². The fourth-order valence-corrected chi connectivity index (χ4v) is 2.26. The Bertz CT molecular complexity index is 165. The molecule has 0 spiro atoms. The Morgan fingerprint density at radius 2 is 2.08 bits per heavy atom. The van der Waals surface area contributed by atoms with Crippen molar-refractivity contribution in [3.63, 3.8) is 0 Å². The molecule has 0 nitrogen and oxygen atoms in total. The lowest BCUT2D eigenvalue weighted by Gasteiger charge is -2.32. The molecule has 0 heterocycles. The summed E-state index contributed by atoms with van der Waals surface area (Å²) in [5, 5.41) is 0. The maximum Gasteiger partial charge on any atom is -0.0198 e. The highest BCUT2D eigenvalue weighted by Crippen LogP contribution is 2.39. The van der Waals surface area contributed by atoms with E-state index >= 15 is 0 Å². The molecule has 0 aromatic carbocycles. The third kappa shape index (κ3) is 2.12. The molecule has 1 unspecified atom stereocenters. The highest BCUT2D eigenvalue weighted by Gasteiger charge is 2.24. The normalized spacial score (nSPS) is 26.8. The van der Waals surface area contributed by atoms with E-state index in [4.69, 9.17) is 0 Å². The molecule has 1 aliphatic carbocycles. The molecule has 0 aliphatic heterocycles. The van der Waals surface area contributed by atoms with E-state index in [1.807, 2.05) is 0 Å². The smallest absolute Gasteiger partial charge is 0.0198 e. The van der Waals surface area contributed by atoms with Crippen molar-refractivity contribution >= 4 is 0 Å². The Balaban J connectivity index is 2.45. The number of rotatable bonds is 4. The van der Waals surface area contributed by atoms with E-state index in [2.05, 4.69) is 20.8 Å². The fraction of sp³-hybridized carbons (Fsp3) is 0.833. The molecule has 0 amide bonds. The Kier molecular flexibility index (Phi) is 3.84. The third-order valence-corrected chi connectivity index (χ3v) is 3.07. The predicted octanol–water partition coefficient (Wildman–Crippen LogP) is 4.31. The monoisotopic (exact) mass is 166 g/mol. The summed E-state index contributed by atoms with van der Waals surface area (Å²) in [6.45, 7) is 6.91. The zero-order valence-corrected chi connectivity index (χ0v) is 8.82.